The van der Waals surface area contributed by atoms with Crippen molar-refractivity contribution in [3.8, 4) is 6.07 Å². The second-order valence-corrected chi connectivity index (χ2v) is 2.22. The summed E-state index contributed by atoms with van der Waals surface area (Å²) in [6, 6.07) is 3.16. The summed E-state index contributed by atoms with van der Waals surface area (Å²) in [6.45, 7) is 2.11. The van der Waals surface area contributed by atoms with Gasteiger partial charge < -0.3 is 0 Å². The molecule has 0 atom stereocenters. The van der Waals surface area contributed by atoms with Crippen molar-refractivity contribution in [2.75, 3.05) is 0 Å². The van der Waals surface area contributed by atoms with Crippen LogP contribution in [0, 0.1) is 11.3 Å². The van der Waals surface area contributed by atoms with Crippen molar-refractivity contribution < 1.29 is 0 Å². The van der Waals surface area contributed by atoms with Crippen LogP contribution in [-0.4, -0.2) is 9.52 Å². The van der Waals surface area contributed by atoms with E-state index in [0.29, 0.717) is 0 Å². The molecule has 6 heavy (non-hydrogen) atoms. The average molecular weight is 97.2 g/mol. The number of nitriles is 1. The molecule has 2 radical (unpaired) electrons. The highest BCUT2D eigenvalue weighted by Gasteiger charge is 1.75. The molecule has 0 saturated heterocycles. The van der Waals surface area contributed by atoms with Crippen LogP contribution in [0.25, 0.3) is 0 Å². The van der Waals surface area contributed by atoms with E-state index in [-0.39, 0.29) is 0 Å². The van der Waals surface area contributed by atoms with Crippen molar-refractivity contribution in [3.63, 3.8) is 0 Å². The Bertz CT molecular complexity index is 55.1. The fourth-order valence-electron chi connectivity index (χ4n) is 0.181. The molecular weight excluding hydrogens is 90.1 g/mol. The van der Waals surface area contributed by atoms with E-state index in [1.807, 2.05) is 0 Å². The number of hydrogen-bond acceptors (Lipinski definition) is 1. The summed E-state index contributed by atoms with van der Waals surface area (Å²) in [4.78, 5) is 0. The van der Waals surface area contributed by atoms with Crippen molar-refractivity contribution in [3.05, 3.63) is 0 Å². The highest BCUT2D eigenvalue weighted by atomic mass is 28.2. The van der Waals surface area contributed by atoms with Gasteiger partial charge in [0.1, 0.15) is 0 Å². The molecule has 0 fully saturated rings. The van der Waals surface area contributed by atoms with Crippen molar-refractivity contribution >= 4 is 9.52 Å². The summed E-state index contributed by atoms with van der Waals surface area (Å²) in [5, 5.41) is 7.95. The van der Waals surface area contributed by atoms with Gasteiger partial charge in [0.25, 0.3) is 0 Å². The average Bonchev–Trinajstić information content (AvgIpc) is 1.61. The summed E-state index contributed by atoms with van der Waals surface area (Å²) in [6.07, 6.45) is 0.731. The first kappa shape index (κ1) is 5.71. The predicted molar refractivity (Wildman–Crippen MR) is 26.7 cm³/mol. The standard InChI is InChI=1S/C4H7NSi/c1-6-4-2-3-5/h2,4H2,1H3. The second kappa shape index (κ2) is 4.71. The predicted octanol–water partition coefficient (Wildman–Crippen LogP) is 1.07. The minimum absolute atomic E-state index is 0.731. The monoisotopic (exact) mass is 97.0 g/mol. The Labute approximate surface area is 40.8 Å². The molecule has 0 spiro atoms. The molecule has 2 heteroatoms. The molecule has 0 unspecified atom stereocenters. The lowest BCUT2D eigenvalue weighted by Gasteiger charge is -1.75. The zero-order valence-electron chi connectivity index (χ0n) is 3.86. The van der Waals surface area contributed by atoms with Gasteiger partial charge in [-0.05, 0) is 6.04 Å². The van der Waals surface area contributed by atoms with Gasteiger partial charge in [0.15, 0.2) is 0 Å². The molecule has 0 aromatic rings. The third-order valence-electron chi connectivity index (χ3n) is 0.487. The summed E-state index contributed by atoms with van der Waals surface area (Å²) in [5.41, 5.74) is 0. The van der Waals surface area contributed by atoms with Crippen LogP contribution < -0.4 is 0 Å². The van der Waals surface area contributed by atoms with Crippen LogP contribution in [0.2, 0.25) is 12.6 Å². The molecular formula is C4H7NSi. The first-order valence-electron chi connectivity index (χ1n) is 1.93. The lowest BCUT2D eigenvalue weighted by Crippen LogP contribution is -1.75. The van der Waals surface area contributed by atoms with E-state index in [9.17, 15) is 0 Å². The van der Waals surface area contributed by atoms with Gasteiger partial charge in [0.2, 0.25) is 0 Å². The van der Waals surface area contributed by atoms with Crippen LogP contribution in [0.5, 0.6) is 0 Å². The van der Waals surface area contributed by atoms with E-state index in [1.165, 1.54) is 0 Å². The summed E-state index contributed by atoms with van der Waals surface area (Å²) in [7, 11) is 0.942. The first-order chi connectivity index (χ1) is 2.91. The fourth-order valence-corrected chi connectivity index (χ4v) is 0.543. The SMILES string of the molecule is C[Si]CCC#N. The van der Waals surface area contributed by atoms with Crippen molar-refractivity contribution in [1.29, 1.82) is 5.26 Å². The molecule has 0 N–H and O–H groups in total. The van der Waals surface area contributed by atoms with Gasteiger partial charge in [-0.3, -0.25) is 0 Å². The van der Waals surface area contributed by atoms with E-state index in [0.717, 1.165) is 22.0 Å². The lowest BCUT2D eigenvalue weighted by atomic mass is 10.6. The van der Waals surface area contributed by atoms with Crippen LogP contribution in [-0.2, 0) is 0 Å². The van der Waals surface area contributed by atoms with Crippen LogP contribution >= 0.6 is 0 Å². The van der Waals surface area contributed by atoms with Crippen molar-refractivity contribution in [1.82, 2.24) is 0 Å². The van der Waals surface area contributed by atoms with Gasteiger partial charge in [-0.25, -0.2) is 0 Å². The topological polar surface area (TPSA) is 23.8 Å². The summed E-state index contributed by atoms with van der Waals surface area (Å²) < 4.78 is 0. The normalized spacial score (nSPS) is 7.33. The Hall–Kier alpha value is -0.293. The quantitative estimate of drug-likeness (QED) is 0.373. The maximum absolute atomic E-state index is 7.95. The molecule has 0 saturated carbocycles. The largest absolute Gasteiger partial charge is 0.198 e. The molecule has 0 amide bonds. The molecule has 0 aliphatic carbocycles. The molecule has 0 bridgehead atoms. The van der Waals surface area contributed by atoms with Gasteiger partial charge in [0.05, 0.1) is 6.07 Å². The molecule has 0 aliphatic rings. The van der Waals surface area contributed by atoms with Crippen LogP contribution in [0.4, 0.5) is 0 Å². The van der Waals surface area contributed by atoms with E-state index >= 15 is 0 Å². The Morgan fingerprint density at radius 2 is 2.50 bits per heavy atom. The second-order valence-electron chi connectivity index (χ2n) is 1.01. The third-order valence-corrected chi connectivity index (χ3v) is 1.24. The Morgan fingerprint density at radius 1 is 1.83 bits per heavy atom. The molecule has 0 aliphatic heterocycles. The summed E-state index contributed by atoms with van der Waals surface area (Å²) in [5.74, 6) is 0. The maximum Gasteiger partial charge on any atom is 0.0618 e. The summed E-state index contributed by atoms with van der Waals surface area (Å²) >= 11 is 0. The van der Waals surface area contributed by atoms with E-state index in [2.05, 4.69) is 12.6 Å². The van der Waals surface area contributed by atoms with Crippen molar-refractivity contribution in [2.24, 2.45) is 0 Å². The third kappa shape index (κ3) is 3.71. The fraction of sp³-hybridized carbons (Fsp3) is 0.750. The van der Waals surface area contributed by atoms with E-state index < -0.39 is 0 Å². The van der Waals surface area contributed by atoms with Gasteiger partial charge in [-0.1, -0.05) is 6.55 Å². The van der Waals surface area contributed by atoms with Gasteiger partial charge in [-0.15, -0.1) is 0 Å². The van der Waals surface area contributed by atoms with Crippen LogP contribution in [0.1, 0.15) is 6.42 Å². The zero-order chi connectivity index (χ0) is 4.83. The minimum Gasteiger partial charge on any atom is -0.198 e. The van der Waals surface area contributed by atoms with Crippen LogP contribution in [0.15, 0.2) is 0 Å². The Morgan fingerprint density at radius 3 is 2.67 bits per heavy atom. The molecule has 0 heterocycles. The van der Waals surface area contributed by atoms with Gasteiger partial charge in [-0.2, -0.15) is 5.26 Å². The zero-order valence-corrected chi connectivity index (χ0v) is 4.86. The highest BCUT2D eigenvalue weighted by molar-refractivity contribution is 6.33. The highest BCUT2D eigenvalue weighted by Crippen LogP contribution is 1.81. The Kier molecular flexibility index (Phi) is 4.48. The Balaban J connectivity index is 2.54. The van der Waals surface area contributed by atoms with Crippen molar-refractivity contribution in [2.45, 2.75) is 19.0 Å². The molecule has 1 nitrogen and oxygen atoms in total. The maximum atomic E-state index is 7.95. The molecule has 0 aromatic heterocycles. The number of rotatable bonds is 2. The molecule has 0 rings (SSSR count). The van der Waals surface area contributed by atoms with Gasteiger partial charge >= 0.3 is 0 Å². The van der Waals surface area contributed by atoms with E-state index in [1.54, 1.807) is 0 Å². The van der Waals surface area contributed by atoms with E-state index in [4.69, 9.17) is 5.26 Å². The minimum atomic E-state index is 0.731. The smallest absolute Gasteiger partial charge is 0.0618 e. The number of nitrogens with zero attached hydrogens (tertiary/aromatic N) is 1. The molecule has 32 valence electrons. The first-order valence-corrected chi connectivity index (χ1v) is 3.64. The lowest BCUT2D eigenvalue weighted by molar-refractivity contribution is 1.20. The van der Waals surface area contributed by atoms with Gasteiger partial charge in [0, 0.05) is 15.9 Å². The van der Waals surface area contributed by atoms with Crippen LogP contribution in [0.3, 0.4) is 0 Å². The number of hydrogen-bond donors (Lipinski definition) is 0. The molecule has 0 aromatic carbocycles.